The van der Waals surface area contributed by atoms with Gasteiger partial charge in [0.15, 0.2) is 0 Å². The molecule has 104 valence electrons. The van der Waals surface area contributed by atoms with Crippen LogP contribution in [-0.4, -0.2) is 18.3 Å². The first kappa shape index (κ1) is 14.8. The Balaban J connectivity index is 2.34. The van der Waals surface area contributed by atoms with Gasteiger partial charge in [-0.25, -0.2) is 0 Å². The predicted molar refractivity (Wildman–Crippen MR) is 87.5 cm³/mol. The lowest BCUT2D eigenvalue weighted by atomic mass is 10.2. The van der Waals surface area contributed by atoms with Crippen molar-refractivity contribution in [2.24, 2.45) is 5.73 Å². The number of nitrogen functional groups attached to an aromatic ring is 1. The molecule has 5 heteroatoms. The number of benzene rings is 2. The van der Waals surface area contributed by atoms with Crippen molar-refractivity contribution in [3.8, 4) is 11.5 Å². The van der Waals surface area contributed by atoms with Gasteiger partial charge < -0.3 is 10.5 Å². The number of hydrogen-bond acceptors (Lipinski definition) is 4. The maximum absolute atomic E-state index is 7.73. The molecule has 0 atom stereocenters. The average Bonchev–Trinajstić information content (AvgIpc) is 2.47. The largest absolute Gasteiger partial charge is 0.457 e. The summed E-state index contributed by atoms with van der Waals surface area (Å²) in [6.07, 6.45) is 3.99. The third-order valence-electron chi connectivity index (χ3n) is 2.76. The van der Waals surface area contributed by atoms with Gasteiger partial charge in [-0.3, -0.25) is 5.41 Å². The van der Waals surface area contributed by atoms with E-state index in [9.17, 15) is 0 Å². The number of hydrogen-bond donors (Lipinski definition) is 2. The molecule has 0 heterocycles. The molecule has 2 aromatic rings. The van der Waals surface area contributed by atoms with Crippen LogP contribution in [0.3, 0.4) is 0 Å². The average molecular weight is 304 g/mol. The Kier molecular flexibility index (Phi) is 4.98. The fourth-order valence-electron chi connectivity index (χ4n) is 1.80. The van der Waals surface area contributed by atoms with E-state index in [0.717, 1.165) is 10.6 Å². The topological polar surface area (TPSA) is 59.1 Å². The lowest BCUT2D eigenvalue weighted by Gasteiger charge is -2.13. The van der Waals surface area contributed by atoms with Gasteiger partial charge in [0.2, 0.25) is 0 Å². The molecule has 0 amide bonds. The minimum Gasteiger partial charge on any atom is -0.457 e. The van der Waals surface area contributed by atoms with Gasteiger partial charge in [0.25, 0.3) is 0 Å². The summed E-state index contributed by atoms with van der Waals surface area (Å²) < 4.78 is 5.87. The maximum atomic E-state index is 7.73. The quantitative estimate of drug-likeness (QED) is 0.493. The summed E-state index contributed by atoms with van der Waals surface area (Å²) in [4.78, 5) is 2.12. The minimum atomic E-state index is 0.0192. The van der Waals surface area contributed by atoms with E-state index in [1.54, 1.807) is 23.5 Å². The van der Waals surface area contributed by atoms with Crippen LogP contribution in [0.2, 0.25) is 0 Å². The Morgan fingerprint density at radius 1 is 1.05 bits per heavy atom. The summed E-state index contributed by atoms with van der Waals surface area (Å²) in [6.45, 7) is 0. The lowest BCUT2D eigenvalue weighted by molar-refractivity contribution is 0.479. The molecular formula is C15H16N2OS2. The van der Waals surface area contributed by atoms with E-state index in [2.05, 4.69) is 0 Å². The van der Waals surface area contributed by atoms with E-state index >= 15 is 0 Å². The highest BCUT2D eigenvalue weighted by Gasteiger charge is 2.12. The molecule has 0 fully saturated rings. The molecule has 0 spiro atoms. The molecule has 0 aromatic heterocycles. The van der Waals surface area contributed by atoms with E-state index in [1.165, 1.54) is 4.90 Å². The number of thioether (sulfide) groups is 2. The summed E-state index contributed by atoms with van der Waals surface area (Å²) >= 11 is 3.24. The molecule has 2 aromatic carbocycles. The van der Waals surface area contributed by atoms with Gasteiger partial charge in [-0.2, -0.15) is 0 Å². The van der Waals surface area contributed by atoms with Gasteiger partial charge in [-0.1, -0.05) is 6.07 Å². The normalized spacial score (nSPS) is 10.3. The van der Waals surface area contributed by atoms with Crippen LogP contribution in [0.4, 0.5) is 0 Å². The van der Waals surface area contributed by atoms with E-state index < -0.39 is 0 Å². The fraction of sp³-hybridized carbons (Fsp3) is 0.133. The first-order valence-electron chi connectivity index (χ1n) is 5.99. The zero-order valence-corrected chi connectivity index (χ0v) is 13.0. The third-order valence-corrected chi connectivity index (χ3v) is 4.29. The van der Waals surface area contributed by atoms with Crippen LogP contribution in [0.15, 0.2) is 52.3 Å². The van der Waals surface area contributed by atoms with Gasteiger partial charge in [-0.15, -0.1) is 23.5 Å². The van der Waals surface area contributed by atoms with Crippen LogP contribution in [0, 0.1) is 5.41 Å². The van der Waals surface area contributed by atoms with Crippen LogP contribution >= 0.6 is 23.5 Å². The molecule has 20 heavy (non-hydrogen) atoms. The predicted octanol–water partition coefficient (Wildman–Crippen LogP) is 4.21. The molecule has 0 saturated carbocycles. The Hall–Kier alpha value is -1.59. The van der Waals surface area contributed by atoms with Gasteiger partial charge >= 0.3 is 0 Å². The Morgan fingerprint density at radius 3 is 2.30 bits per heavy atom. The number of rotatable bonds is 5. The standard InChI is InChI=1S/C15H16N2OS2/c1-19-11-8-6-10(7-9-11)18-12-4-3-5-13(20-2)14(12)15(16)17/h3-9H,1-2H3,(H3,16,17). The molecule has 3 N–H and O–H groups in total. The van der Waals surface area contributed by atoms with Crippen molar-refractivity contribution >= 4 is 29.4 Å². The second kappa shape index (κ2) is 6.72. The second-order valence-electron chi connectivity index (χ2n) is 4.02. The molecule has 0 unspecified atom stereocenters. The highest BCUT2D eigenvalue weighted by Crippen LogP contribution is 2.32. The SMILES string of the molecule is CSc1ccc(Oc2cccc(SC)c2C(=N)N)cc1. The molecule has 0 saturated heterocycles. The van der Waals surface area contributed by atoms with Gasteiger partial charge in [0.1, 0.15) is 17.3 Å². The van der Waals surface area contributed by atoms with Crippen molar-refractivity contribution in [3.05, 3.63) is 48.0 Å². The summed E-state index contributed by atoms with van der Waals surface area (Å²) in [5.41, 5.74) is 6.32. The summed E-state index contributed by atoms with van der Waals surface area (Å²) in [7, 11) is 0. The monoisotopic (exact) mass is 304 g/mol. The van der Waals surface area contributed by atoms with Crippen molar-refractivity contribution in [3.63, 3.8) is 0 Å². The van der Waals surface area contributed by atoms with Gasteiger partial charge in [-0.05, 0) is 48.9 Å². The Labute approximate surface area is 127 Å². The fourth-order valence-corrected chi connectivity index (χ4v) is 2.84. The summed E-state index contributed by atoms with van der Waals surface area (Å²) in [5, 5.41) is 7.73. The molecule has 2 rings (SSSR count). The van der Waals surface area contributed by atoms with Crippen molar-refractivity contribution < 1.29 is 4.74 Å². The molecule has 0 radical (unpaired) electrons. The van der Waals surface area contributed by atoms with Gasteiger partial charge in [0, 0.05) is 9.79 Å². The first-order chi connectivity index (χ1) is 9.65. The smallest absolute Gasteiger partial charge is 0.139 e. The molecule has 3 nitrogen and oxygen atoms in total. The van der Waals surface area contributed by atoms with E-state index in [1.807, 2.05) is 55.0 Å². The minimum absolute atomic E-state index is 0.0192. The van der Waals surface area contributed by atoms with Crippen LogP contribution < -0.4 is 10.5 Å². The van der Waals surface area contributed by atoms with E-state index in [0.29, 0.717) is 11.3 Å². The number of ether oxygens (including phenoxy) is 1. The van der Waals surface area contributed by atoms with E-state index in [-0.39, 0.29) is 5.84 Å². The number of amidine groups is 1. The molecule has 0 aliphatic carbocycles. The lowest BCUT2D eigenvalue weighted by Crippen LogP contribution is -2.13. The Morgan fingerprint density at radius 2 is 1.75 bits per heavy atom. The van der Waals surface area contributed by atoms with Gasteiger partial charge in [0.05, 0.1) is 5.56 Å². The zero-order valence-electron chi connectivity index (χ0n) is 11.3. The Bertz CT molecular complexity index is 612. The van der Waals surface area contributed by atoms with E-state index in [4.69, 9.17) is 15.9 Å². The molecular weight excluding hydrogens is 288 g/mol. The van der Waals surface area contributed by atoms with Crippen LogP contribution in [0.25, 0.3) is 0 Å². The summed E-state index contributed by atoms with van der Waals surface area (Å²) in [6, 6.07) is 13.5. The second-order valence-corrected chi connectivity index (χ2v) is 5.75. The van der Waals surface area contributed by atoms with Crippen molar-refractivity contribution in [2.75, 3.05) is 12.5 Å². The van der Waals surface area contributed by atoms with Crippen LogP contribution in [0.5, 0.6) is 11.5 Å². The van der Waals surface area contributed by atoms with Crippen LogP contribution in [0.1, 0.15) is 5.56 Å². The van der Waals surface area contributed by atoms with Crippen LogP contribution in [-0.2, 0) is 0 Å². The van der Waals surface area contributed by atoms with Crippen molar-refractivity contribution in [2.45, 2.75) is 9.79 Å². The van der Waals surface area contributed by atoms with Crippen molar-refractivity contribution in [1.82, 2.24) is 0 Å². The number of nitrogens with two attached hydrogens (primary N) is 1. The first-order valence-corrected chi connectivity index (χ1v) is 8.44. The van der Waals surface area contributed by atoms with Crippen molar-refractivity contribution in [1.29, 1.82) is 5.41 Å². The molecule has 0 bridgehead atoms. The zero-order chi connectivity index (χ0) is 14.5. The highest BCUT2D eigenvalue weighted by atomic mass is 32.2. The molecule has 0 aliphatic heterocycles. The summed E-state index contributed by atoms with van der Waals surface area (Å²) in [5.74, 6) is 1.37. The number of nitrogens with one attached hydrogen (secondary N) is 1. The third kappa shape index (κ3) is 3.29. The molecule has 0 aliphatic rings. The highest BCUT2D eigenvalue weighted by molar-refractivity contribution is 7.98. The maximum Gasteiger partial charge on any atom is 0.139 e.